The van der Waals surface area contributed by atoms with Crippen LogP contribution in [-0.2, 0) is 0 Å². The van der Waals surface area contributed by atoms with Gasteiger partial charge in [0.15, 0.2) is 0 Å². The van der Waals surface area contributed by atoms with Crippen LogP contribution in [0.1, 0.15) is 0 Å². The van der Waals surface area contributed by atoms with Crippen molar-refractivity contribution in [2.45, 2.75) is 0 Å². The zero-order valence-corrected chi connectivity index (χ0v) is 9.20. The van der Waals surface area contributed by atoms with Crippen molar-refractivity contribution in [3.63, 3.8) is 0 Å². The van der Waals surface area contributed by atoms with Crippen molar-refractivity contribution in [3.05, 3.63) is 48.5 Å². The molecule has 0 aliphatic rings. The molecular formula is C13H8NOS-. The largest absolute Gasteiger partial charge is 0.872 e. The van der Waals surface area contributed by atoms with Gasteiger partial charge in [-0.05, 0) is 6.07 Å². The molecule has 0 N–H and O–H groups in total. The Morgan fingerprint density at radius 1 is 1.00 bits per heavy atom. The Bertz CT molecular complexity index is 631. The van der Waals surface area contributed by atoms with Crippen LogP contribution in [0.4, 0.5) is 0 Å². The molecule has 1 heterocycles. The Morgan fingerprint density at radius 2 is 1.81 bits per heavy atom. The Labute approximate surface area is 96.8 Å². The Kier molecular flexibility index (Phi) is 2.11. The highest BCUT2D eigenvalue weighted by atomic mass is 32.1. The number of thiazole rings is 1. The number of rotatable bonds is 1. The predicted molar refractivity (Wildman–Crippen MR) is 64.5 cm³/mol. The topological polar surface area (TPSA) is 36.0 Å². The van der Waals surface area contributed by atoms with Crippen LogP contribution in [0.5, 0.6) is 5.75 Å². The SMILES string of the molecule is [O-]c1ccc2nc(-c3ccccc3)sc2c1. The average molecular weight is 226 g/mol. The van der Waals surface area contributed by atoms with E-state index in [0.29, 0.717) is 0 Å². The second-order valence-corrected chi connectivity index (χ2v) is 4.55. The minimum atomic E-state index is 0.0377. The molecule has 2 nitrogen and oxygen atoms in total. The average Bonchev–Trinajstić information content (AvgIpc) is 2.73. The minimum Gasteiger partial charge on any atom is -0.872 e. The molecule has 0 bridgehead atoms. The second kappa shape index (κ2) is 3.61. The van der Waals surface area contributed by atoms with E-state index in [0.717, 1.165) is 20.8 Å². The zero-order valence-electron chi connectivity index (χ0n) is 8.38. The highest BCUT2D eigenvalue weighted by Gasteiger charge is 2.04. The lowest BCUT2D eigenvalue weighted by Crippen LogP contribution is -1.86. The van der Waals surface area contributed by atoms with Gasteiger partial charge in [-0.1, -0.05) is 42.5 Å². The van der Waals surface area contributed by atoms with Gasteiger partial charge in [0.2, 0.25) is 0 Å². The van der Waals surface area contributed by atoms with Crippen molar-refractivity contribution in [2.24, 2.45) is 0 Å². The van der Waals surface area contributed by atoms with Gasteiger partial charge in [0.25, 0.3) is 0 Å². The molecule has 0 unspecified atom stereocenters. The molecule has 0 saturated heterocycles. The third-order valence-electron chi connectivity index (χ3n) is 2.38. The van der Waals surface area contributed by atoms with Gasteiger partial charge < -0.3 is 5.11 Å². The summed E-state index contributed by atoms with van der Waals surface area (Å²) in [4.78, 5) is 4.50. The van der Waals surface area contributed by atoms with Crippen molar-refractivity contribution >= 4 is 21.6 Å². The third kappa shape index (κ3) is 1.55. The Morgan fingerprint density at radius 3 is 2.62 bits per heavy atom. The summed E-state index contributed by atoms with van der Waals surface area (Å²) >= 11 is 1.55. The van der Waals surface area contributed by atoms with E-state index in [4.69, 9.17) is 0 Å². The maximum atomic E-state index is 11.2. The van der Waals surface area contributed by atoms with Gasteiger partial charge >= 0.3 is 0 Å². The Hall–Kier alpha value is -1.87. The normalized spacial score (nSPS) is 10.8. The molecular weight excluding hydrogens is 218 g/mol. The van der Waals surface area contributed by atoms with E-state index in [1.807, 2.05) is 30.3 Å². The standard InChI is InChI=1S/C13H9NOS/c15-10-6-7-11-12(8-10)16-13(14-11)9-4-2-1-3-5-9/h1-8,15H/p-1. The lowest BCUT2D eigenvalue weighted by Gasteiger charge is -2.01. The van der Waals surface area contributed by atoms with Gasteiger partial charge in [-0.3, -0.25) is 0 Å². The molecule has 0 aliphatic heterocycles. The summed E-state index contributed by atoms with van der Waals surface area (Å²) in [5.74, 6) is 0.0377. The number of hydrogen-bond acceptors (Lipinski definition) is 3. The van der Waals surface area contributed by atoms with Crippen LogP contribution < -0.4 is 5.11 Å². The van der Waals surface area contributed by atoms with Crippen LogP contribution in [0, 0.1) is 0 Å². The first kappa shape index (κ1) is 9.36. The van der Waals surface area contributed by atoms with Crippen molar-refractivity contribution in [2.75, 3.05) is 0 Å². The van der Waals surface area contributed by atoms with Gasteiger partial charge in [0.1, 0.15) is 5.01 Å². The maximum absolute atomic E-state index is 11.2. The van der Waals surface area contributed by atoms with Crippen LogP contribution >= 0.6 is 11.3 Å². The summed E-state index contributed by atoms with van der Waals surface area (Å²) in [6.45, 7) is 0. The number of fused-ring (bicyclic) bond motifs is 1. The van der Waals surface area contributed by atoms with E-state index in [1.54, 1.807) is 29.5 Å². The summed E-state index contributed by atoms with van der Waals surface area (Å²) in [5, 5.41) is 12.2. The van der Waals surface area contributed by atoms with Crippen molar-refractivity contribution in [1.29, 1.82) is 0 Å². The highest BCUT2D eigenvalue weighted by molar-refractivity contribution is 7.21. The molecule has 0 aliphatic carbocycles. The summed E-state index contributed by atoms with van der Waals surface area (Å²) in [7, 11) is 0. The van der Waals surface area contributed by atoms with Crippen LogP contribution in [0.25, 0.3) is 20.8 Å². The predicted octanol–water partition coefficient (Wildman–Crippen LogP) is 3.04. The van der Waals surface area contributed by atoms with E-state index >= 15 is 0 Å². The number of hydrogen-bond donors (Lipinski definition) is 0. The molecule has 3 heteroatoms. The van der Waals surface area contributed by atoms with E-state index < -0.39 is 0 Å². The van der Waals surface area contributed by atoms with Crippen LogP contribution in [0.15, 0.2) is 48.5 Å². The van der Waals surface area contributed by atoms with Crippen molar-refractivity contribution in [1.82, 2.24) is 4.98 Å². The fraction of sp³-hybridized carbons (Fsp3) is 0. The molecule has 16 heavy (non-hydrogen) atoms. The number of aromatic nitrogens is 1. The van der Waals surface area contributed by atoms with Crippen molar-refractivity contribution < 1.29 is 5.11 Å². The monoisotopic (exact) mass is 226 g/mol. The van der Waals surface area contributed by atoms with E-state index in [1.165, 1.54) is 0 Å². The highest BCUT2D eigenvalue weighted by Crippen LogP contribution is 2.31. The minimum absolute atomic E-state index is 0.0377. The second-order valence-electron chi connectivity index (χ2n) is 3.51. The van der Waals surface area contributed by atoms with Gasteiger partial charge in [-0.15, -0.1) is 17.1 Å². The third-order valence-corrected chi connectivity index (χ3v) is 3.45. The first-order valence-corrected chi connectivity index (χ1v) is 5.77. The van der Waals surface area contributed by atoms with Crippen molar-refractivity contribution in [3.8, 4) is 16.3 Å². The molecule has 2 aromatic carbocycles. The lowest BCUT2D eigenvalue weighted by atomic mass is 10.2. The molecule has 0 radical (unpaired) electrons. The quantitative estimate of drug-likeness (QED) is 0.639. The first-order valence-electron chi connectivity index (χ1n) is 4.96. The molecule has 0 spiro atoms. The van der Waals surface area contributed by atoms with Crippen LogP contribution in [0.3, 0.4) is 0 Å². The Balaban J connectivity index is 2.19. The van der Waals surface area contributed by atoms with E-state index in [9.17, 15) is 5.11 Å². The van der Waals surface area contributed by atoms with E-state index in [2.05, 4.69) is 4.98 Å². The summed E-state index contributed by atoms with van der Waals surface area (Å²) in [6, 6.07) is 15.0. The molecule has 3 rings (SSSR count). The lowest BCUT2D eigenvalue weighted by molar-refractivity contribution is -0.268. The van der Waals surface area contributed by atoms with Crippen LogP contribution in [0.2, 0.25) is 0 Å². The van der Waals surface area contributed by atoms with Crippen LogP contribution in [-0.4, -0.2) is 4.98 Å². The van der Waals surface area contributed by atoms with E-state index in [-0.39, 0.29) is 5.75 Å². The zero-order chi connectivity index (χ0) is 11.0. The number of nitrogens with zero attached hydrogens (tertiary/aromatic N) is 1. The smallest absolute Gasteiger partial charge is 0.124 e. The first-order chi connectivity index (χ1) is 7.83. The molecule has 3 aromatic rings. The summed E-state index contributed by atoms with van der Waals surface area (Å²) < 4.78 is 0.950. The molecule has 1 aromatic heterocycles. The summed E-state index contributed by atoms with van der Waals surface area (Å²) in [5.41, 5.74) is 1.99. The summed E-state index contributed by atoms with van der Waals surface area (Å²) in [6.07, 6.45) is 0. The molecule has 78 valence electrons. The molecule has 0 amide bonds. The number of benzene rings is 2. The van der Waals surface area contributed by atoms with Gasteiger partial charge in [-0.25, -0.2) is 4.98 Å². The maximum Gasteiger partial charge on any atom is 0.124 e. The molecule has 0 fully saturated rings. The van der Waals surface area contributed by atoms with Gasteiger partial charge in [0.05, 0.1) is 10.2 Å². The van der Waals surface area contributed by atoms with Gasteiger partial charge in [0, 0.05) is 5.56 Å². The molecule has 0 saturated carbocycles. The van der Waals surface area contributed by atoms with Gasteiger partial charge in [-0.2, -0.15) is 0 Å². The fourth-order valence-corrected chi connectivity index (χ4v) is 2.61. The fourth-order valence-electron chi connectivity index (χ4n) is 1.61. The molecule has 0 atom stereocenters.